The van der Waals surface area contributed by atoms with Gasteiger partial charge in [-0.25, -0.2) is 9.50 Å². The van der Waals surface area contributed by atoms with Crippen LogP contribution >= 0.6 is 0 Å². The smallest absolute Gasteiger partial charge is 0.252 e. The van der Waals surface area contributed by atoms with E-state index in [0.717, 1.165) is 16.8 Å². The van der Waals surface area contributed by atoms with Gasteiger partial charge in [0.1, 0.15) is 6.26 Å². The van der Waals surface area contributed by atoms with Gasteiger partial charge >= 0.3 is 0 Å². The summed E-state index contributed by atoms with van der Waals surface area (Å²) < 4.78 is 6.33. The van der Waals surface area contributed by atoms with E-state index in [2.05, 4.69) is 26.9 Å². The van der Waals surface area contributed by atoms with Crippen LogP contribution in [-0.4, -0.2) is 25.7 Å². The molecule has 1 amide bonds. The number of nitrogens with one attached hydrogen (secondary N) is 1. The fraction of sp³-hybridized carbons (Fsp3) is 0.0588. The van der Waals surface area contributed by atoms with Crippen LogP contribution in [0.2, 0.25) is 0 Å². The SMILES string of the molecule is NC(=O)c1ccc(-c2ccc(CNc3ccon3)cc2)n2n[c]nc12. The molecule has 4 aromatic rings. The maximum atomic E-state index is 11.5. The number of pyridine rings is 1. The first-order valence-corrected chi connectivity index (χ1v) is 7.51. The summed E-state index contributed by atoms with van der Waals surface area (Å²) >= 11 is 0. The Bertz CT molecular complexity index is 1020. The number of nitrogens with zero attached hydrogens (tertiary/aromatic N) is 4. The number of hydrogen-bond acceptors (Lipinski definition) is 6. The molecule has 3 N–H and O–H groups in total. The van der Waals surface area contributed by atoms with Gasteiger partial charge in [0.15, 0.2) is 11.5 Å². The summed E-state index contributed by atoms with van der Waals surface area (Å²) in [5, 5.41) is 11.0. The maximum Gasteiger partial charge on any atom is 0.252 e. The molecule has 1 radical (unpaired) electrons. The van der Waals surface area contributed by atoms with E-state index in [1.807, 2.05) is 24.3 Å². The molecule has 3 aromatic heterocycles. The number of nitrogens with two attached hydrogens (primary N) is 1. The Kier molecular flexibility index (Phi) is 3.62. The van der Waals surface area contributed by atoms with Crippen LogP contribution in [0.5, 0.6) is 0 Å². The molecular weight excluding hydrogens is 320 g/mol. The third-order valence-electron chi connectivity index (χ3n) is 3.80. The highest BCUT2D eigenvalue weighted by Gasteiger charge is 2.13. The molecule has 0 saturated carbocycles. The third kappa shape index (κ3) is 2.80. The Morgan fingerprint density at radius 1 is 1.20 bits per heavy atom. The van der Waals surface area contributed by atoms with Crippen LogP contribution in [0.15, 0.2) is 53.3 Å². The van der Waals surface area contributed by atoms with E-state index < -0.39 is 5.91 Å². The second-order valence-corrected chi connectivity index (χ2v) is 5.38. The first kappa shape index (κ1) is 14.9. The molecule has 0 bridgehead atoms. The zero-order valence-electron chi connectivity index (χ0n) is 13.0. The van der Waals surface area contributed by atoms with E-state index in [1.54, 1.807) is 22.7 Å². The summed E-state index contributed by atoms with van der Waals surface area (Å²) in [6.07, 6.45) is 4.04. The van der Waals surface area contributed by atoms with Gasteiger partial charge < -0.3 is 15.6 Å². The molecule has 1 aromatic carbocycles. The van der Waals surface area contributed by atoms with Crippen LogP contribution in [0.3, 0.4) is 0 Å². The highest BCUT2D eigenvalue weighted by molar-refractivity contribution is 5.99. The van der Waals surface area contributed by atoms with Crippen molar-refractivity contribution >= 4 is 17.4 Å². The van der Waals surface area contributed by atoms with Crippen molar-refractivity contribution in [2.75, 3.05) is 5.32 Å². The normalized spacial score (nSPS) is 10.9. The van der Waals surface area contributed by atoms with Gasteiger partial charge in [0.05, 0.1) is 11.3 Å². The lowest BCUT2D eigenvalue weighted by Gasteiger charge is -2.08. The number of primary amides is 1. The average molecular weight is 333 g/mol. The molecule has 0 atom stereocenters. The van der Waals surface area contributed by atoms with Crippen molar-refractivity contribution in [2.24, 2.45) is 5.73 Å². The van der Waals surface area contributed by atoms with E-state index in [4.69, 9.17) is 10.3 Å². The number of hydrogen-bond donors (Lipinski definition) is 2. The van der Waals surface area contributed by atoms with Gasteiger partial charge in [-0.05, 0) is 17.7 Å². The van der Waals surface area contributed by atoms with Crippen LogP contribution in [0.1, 0.15) is 15.9 Å². The molecule has 25 heavy (non-hydrogen) atoms. The van der Waals surface area contributed by atoms with Gasteiger partial charge in [0, 0.05) is 18.2 Å². The number of amides is 1. The van der Waals surface area contributed by atoms with Crippen LogP contribution in [0.4, 0.5) is 5.82 Å². The summed E-state index contributed by atoms with van der Waals surface area (Å²) in [4.78, 5) is 15.5. The van der Waals surface area contributed by atoms with Crippen molar-refractivity contribution in [1.82, 2.24) is 19.8 Å². The molecule has 0 saturated heterocycles. The molecule has 8 heteroatoms. The Labute approximate surface area is 142 Å². The third-order valence-corrected chi connectivity index (χ3v) is 3.80. The highest BCUT2D eigenvalue weighted by atomic mass is 16.5. The van der Waals surface area contributed by atoms with Crippen molar-refractivity contribution in [3.05, 3.63) is 66.2 Å². The lowest BCUT2D eigenvalue weighted by atomic mass is 10.1. The topological polar surface area (TPSA) is 111 Å². The minimum Gasteiger partial charge on any atom is -0.365 e. The molecule has 8 nitrogen and oxygen atoms in total. The Morgan fingerprint density at radius 2 is 2.04 bits per heavy atom. The van der Waals surface area contributed by atoms with E-state index in [-0.39, 0.29) is 0 Å². The second kappa shape index (κ2) is 6.08. The number of fused-ring (bicyclic) bond motifs is 1. The lowest BCUT2D eigenvalue weighted by molar-refractivity contribution is 0.100. The number of carbonyl (C=O) groups excluding carboxylic acids is 1. The molecule has 0 aliphatic carbocycles. The minimum atomic E-state index is -0.549. The van der Waals surface area contributed by atoms with Crippen LogP contribution in [0, 0.1) is 6.33 Å². The number of rotatable bonds is 5. The largest absolute Gasteiger partial charge is 0.365 e. The Balaban J connectivity index is 1.62. The number of aromatic nitrogens is 4. The standard InChI is InChI=1S/C17H13N6O2/c18-16(24)13-5-6-14(23-17(13)20-10-21-23)12-3-1-11(2-4-12)9-19-15-7-8-25-22-15/h1-8H,9H2,(H2,18,24)(H,19,22). The number of benzene rings is 1. The molecule has 123 valence electrons. The second-order valence-electron chi connectivity index (χ2n) is 5.38. The van der Waals surface area contributed by atoms with E-state index >= 15 is 0 Å². The van der Waals surface area contributed by atoms with Crippen LogP contribution in [-0.2, 0) is 6.54 Å². The first-order chi connectivity index (χ1) is 12.2. The molecule has 0 unspecified atom stereocenters. The van der Waals surface area contributed by atoms with Crippen molar-refractivity contribution in [2.45, 2.75) is 6.54 Å². The highest BCUT2D eigenvalue weighted by Crippen LogP contribution is 2.22. The first-order valence-electron chi connectivity index (χ1n) is 7.51. The molecule has 4 rings (SSSR count). The fourth-order valence-electron chi connectivity index (χ4n) is 2.56. The number of anilines is 1. The molecule has 3 heterocycles. The predicted molar refractivity (Wildman–Crippen MR) is 89.6 cm³/mol. The van der Waals surface area contributed by atoms with Crippen LogP contribution < -0.4 is 11.1 Å². The van der Waals surface area contributed by atoms with Gasteiger partial charge in [-0.3, -0.25) is 4.79 Å². The van der Waals surface area contributed by atoms with Gasteiger partial charge in [-0.15, -0.1) is 5.10 Å². The van der Waals surface area contributed by atoms with E-state index in [9.17, 15) is 4.79 Å². The quantitative estimate of drug-likeness (QED) is 0.577. The Hall–Kier alpha value is -3.68. The predicted octanol–water partition coefficient (Wildman–Crippen LogP) is 1.90. The van der Waals surface area contributed by atoms with E-state index in [1.165, 1.54) is 6.26 Å². The van der Waals surface area contributed by atoms with Gasteiger partial charge in [-0.2, -0.15) is 0 Å². The lowest BCUT2D eigenvalue weighted by Crippen LogP contribution is -2.13. The van der Waals surface area contributed by atoms with Gasteiger partial charge in [-0.1, -0.05) is 29.4 Å². The average Bonchev–Trinajstić information content (AvgIpc) is 3.31. The fourth-order valence-corrected chi connectivity index (χ4v) is 2.56. The maximum absolute atomic E-state index is 11.5. The summed E-state index contributed by atoms with van der Waals surface area (Å²) in [5.41, 5.74) is 8.89. The van der Waals surface area contributed by atoms with Gasteiger partial charge in [0.2, 0.25) is 6.33 Å². The summed E-state index contributed by atoms with van der Waals surface area (Å²) in [6.45, 7) is 0.625. The summed E-state index contributed by atoms with van der Waals surface area (Å²) in [7, 11) is 0. The van der Waals surface area contributed by atoms with Crippen LogP contribution in [0.25, 0.3) is 16.9 Å². The van der Waals surface area contributed by atoms with E-state index in [0.29, 0.717) is 23.6 Å². The molecule has 0 spiro atoms. The summed E-state index contributed by atoms with van der Waals surface area (Å²) in [5.74, 6) is 0.137. The van der Waals surface area contributed by atoms with Crippen molar-refractivity contribution in [3.8, 4) is 11.3 Å². The van der Waals surface area contributed by atoms with Gasteiger partial charge in [0.25, 0.3) is 5.91 Å². The molecular formula is C17H13N6O2. The zero-order chi connectivity index (χ0) is 17.2. The van der Waals surface area contributed by atoms with Crippen molar-refractivity contribution in [3.63, 3.8) is 0 Å². The van der Waals surface area contributed by atoms with Crippen molar-refractivity contribution < 1.29 is 9.32 Å². The molecule has 0 aliphatic heterocycles. The molecule has 0 fully saturated rings. The summed E-state index contributed by atoms with van der Waals surface area (Å²) in [6, 6.07) is 13.1. The Morgan fingerprint density at radius 3 is 2.76 bits per heavy atom. The molecule has 0 aliphatic rings. The number of carbonyl (C=O) groups is 1. The minimum absolute atomic E-state index is 0.311. The zero-order valence-corrected chi connectivity index (χ0v) is 13.0. The monoisotopic (exact) mass is 333 g/mol. The van der Waals surface area contributed by atoms with Crippen molar-refractivity contribution in [1.29, 1.82) is 0 Å².